The number of amides is 1. The molecule has 0 radical (unpaired) electrons. The van der Waals surface area contributed by atoms with Crippen LogP contribution in [0.1, 0.15) is 21.1 Å². The van der Waals surface area contributed by atoms with E-state index in [0.29, 0.717) is 40.3 Å². The predicted molar refractivity (Wildman–Crippen MR) is 104 cm³/mol. The molecule has 2 aromatic carbocycles. The molecule has 0 atom stereocenters. The molecule has 0 aliphatic carbocycles. The first-order valence-electron chi connectivity index (χ1n) is 8.00. The molecule has 1 amide bonds. The lowest BCUT2D eigenvalue weighted by Crippen LogP contribution is -2.12. The van der Waals surface area contributed by atoms with Gasteiger partial charge >= 0.3 is 0 Å². The Kier molecular flexibility index (Phi) is 6.41. The molecule has 0 unspecified atom stereocenters. The van der Waals surface area contributed by atoms with Gasteiger partial charge in [0.15, 0.2) is 0 Å². The van der Waals surface area contributed by atoms with E-state index in [1.165, 1.54) is 6.07 Å². The Hall–Kier alpha value is -2.45. The summed E-state index contributed by atoms with van der Waals surface area (Å²) in [4.78, 5) is 17.2. The zero-order valence-corrected chi connectivity index (χ0v) is 15.9. The number of benzene rings is 2. The molecule has 1 N–H and O–H groups in total. The number of alkyl halides is 2. The number of aromatic nitrogens is 1. The lowest BCUT2D eigenvalue weighted by Gasteiger charge is -2.09. The molecule has 3 rings (SSSR count). The summed E-state index contributed by atoms with van der Waals surface area (Å²) in [6.07, 6.45) is 0. The highest BCUT2D eigenvalue weighted by Crippen LogP contribution is 2.27. The number of halogens is 2. The fourth-order valence-corrected chi connectivity index (χ4v) is 3.47. The van der Waals surface area contributed by atoms with Crippen LogP contribution in [0.4, 0.5) is 14.5 Å². The van der Waals surface area contributed by atoms with E-state index < -0.39 is 5.76 Å². The Bertz CT molecular complexity index is 931. The van der Waals surface area contributed by atoms with Crippen LogP contribution in [-0.4, -0.2) is 16.6 Å². The van der Waals surface area contributed by atoms with E-state index in [1.807, 2.05) is 12.3 Å². The number of nitrogens with one attached hydrogen (secondary N) is 1. The van der Waals surface area contributed by atoms with Crippen LogP contribution < -0.4 is 10.1 Å². The molecule has 0 saturated carbocycles. The van der Waals surface area contributed by atoms with Crippen molar-refractivity contribution in [2.24, 2.45) is 0 Å². The quantitative estimate of drug-likeness (QED) is 0.519. The van der Waals surface area contributed by atoms with Crippen molar-refractivity contribution < 1.29 is 18.3 Å². The largest absolute Gasteiger partial charge is 0.487 e. The third-order valence-corrected chi connectivity index (χ3v) is 4.99. The van der Waals surface area contributed by atoms with Crippen molar-refractivity contribution in [1.29, 1.82) is 0 Å². The van der Waals surface area contributed by atoms with Crippen LogP contribution in [0.5, 0.6) is 5.75 Å². The first kappa shape index (κ1) is 19.3. The van der Waals surface area contributed by atoms with Crippen LogP contribution in [0, 0.1) is 6.92 Å². The molecule has 3 aromatic rings. The number of hydrogen-bond acceptors (Lipinski definition) is 5. The smallest absolute Gasteiger partial charge is 0.288 e. The molecule has 1 heterocycles. The summed E-state index contributed by atoms with van der Waals surface area (Å²) in [5.41, 5.74) is 1.70. The Balaban J connectivity index is 1.64. The average molecular weight is 406 g/mol. The molecule has 1 aromatic heterocycles. The number of aryl methyl sites for hydroxylation is 1. The number of anilines is 1. The van der Waals surface area contributed by atoms with E-state index in [4.69, 9.17) is 4.74 Å². The maximum Gasteiger partial charge on any atom is 0.288 e. The minimum Gasteiger partial charge on any atom is -0.487 e. The van der Waals surface area contributed by atoms with Gasteiger partial charge in [0.2, 0.25) is 0 Å². The van der Waals surface area contributed by atoms with Gasteiger partial charge in [0.05, 0.1) is 10.7 Å². The molecule has 0 saturated heterocycles. The Morgan fingerprint density at radius 2 is 2.07 bits per heavy atom. The van der Waals surface area contributed by atoms with Crippen molar-refractivity contribution >= 4 is 34.7 Å². The van der Waals surface area contributed by atoms with Crippen molar-refractivity contribution in [3.05, 3.63) is 70.2 Å². The third kappa shape index (κ3) is 5.77. The van der Waals surface area contributed by atoms with E-state index in [2.05, 4.69) is 10.3 Å². The van der Waals surface area contributed by atoms with E-state index in [9.17, 15) is 13.6 Å². The number of thioether (sulfide) groups is 1. The second-order valence-electron chi connectivity index (χ2n) is 5.53. The van der Waals surface area contributed by atoms with Crippen LogP contribution in [0.3, 0.4) is 0 Å². The molecular formula is C19H16F2N2O2S2. The predicted octanol–water partition coefficient (Wildman–Crippen LogP) is 5.60. The number of hydrogen-bond donors (Lipinski definition) is 1. The van der Waals surface area contributed by atoms with Gasteiger partial charge in [-0.3, -0.25) is 4.79 Å². The third-order valence-electron chi connectivity index (χ3n) is 3.47. The summed E-state index contributed by atoms with van der Waals surface area (Å²) in [5.74, 6) is -2.30. The molecule has 0 aliphatic heterocycles. The van der Waals surface area contributed by atoms with Crippen molar-refractivity contribution in [3.8, 4) is 5.75 Å². The van der Waals surface area contributed by atoms with Crippen LogP contribution in [0.25, 0.3) is 0 Å². The molecule has 0 aliphatic rings. The van der Waals surface area contributed by atoms with Crippen LogP contribution in [0.15, 0.2) is 58.8 Å². The summed E-state index contributed by atoms with van der Waals surface area (Å²) >= 11 is 1.98. The number of thiazole rings is 1. The number of carbonyl (C=O) groups excluding carboxylic acids is 1. The maximum absolute atomic E-state index is 12.5. The molecule has 0 bridgehead atoms. The van der Waals surface area contributed by atoms with Crippen molar-refractivity contribution in [2.75, 3.05) is 5.32 Å². The monoisotopic (exact) mass is 406 g/mol. The van der Waals surface area contributed by atoms with E-state index in [1.54, 1.807) is 53.8 Å². The van der Waals surface area contributed by atoms with Gasteiger partial charge in [0, 0.05) is 21.5 Å². The van der Waals surface area contributed by atoms with Crippen molar-refractivity contribution in [3.63, 3.8) is 0 Å². The molecule has 0 fully saturated rings. The SMILES string of the molecule is Cc1nc(COc2cccc(C(=O)Nc3cccc(SC(F)F)c3)c2)cs1. The highest BCUT2D eigenvalue weighted by Gasteiger charge is 2.10. The van der Waals surface area contributed by atoms with E-state index in [0.717, 1.165) is 10.7 Å². The Morgan fingerprint density at radius 1 is 1.26 bits per heavy atom. The Labute approximate surface area is 163 Å². The number of nitrogens with zero attached hydrogens (tertiary/aromatic N) is 1. The molecular weight excluding hydrogens is 390 g/mol. The van der Waals surface area contributed by atoms with Gasteiger partial charge in [-0.25, -0.2) is 4.98 Å². The number of rotatable bonds is 7. The second-order valence-corrected chi connectivity index (χ2v) is 7.66. The van der Waals surface area contributed by atoms with E-state index in [-0.39, 0.29) is 5.91 Å². The van der Waals surface area contributed by atoms with Crippen molar-refractivity contribution in [2.45, 2.75) is 24.2 Å². The summed E-state index contributed by atoms with van der Waals surface area (Å²) in [6.45, 7) is 2.25. The van der Waals surface area contributed by atoms with Gasteiger partial charge in [0.25, 0.3) is 11.7 Å². The average Bonchev–Trinajstić information content (AvgIpc) is 3.05. The molecule has 27 heavy (non-hydrogen) atoms. The van der Waals surface area contributed by atoms with E-state index >= 15 is 0 Å². The number of carbonyl (C=O) groups is 1. The standard InChI is InChI=1S/C19H16F2N2O2S2/c1-12-22-15(11-26-12)10-25-16-6-2-4-13(8-16)18(24)23-14-5-3-7-17(9-14)27-19(20)21/h2-9,11,19H,10H2,1H3,(H,23,24). The highest BCUT2D eigenvalue weighted by atomic mass is 32.2. The minimum absolute atomic E-state index is 0.322. The summed E-state index contributed by atoms with van der Waals surface area (Å²) in [5, 5.41) is 5.61. The van der Waals surface area contributed by atoms with Gasteiger partial charge in [-0.15, -0.1) is 11.3 Å². The first-order chi connectivity index (χ1) is 13.0. The Morgan fingerprint density at radius 3 is 2.81 bits per heavy atom. The zero-order valence-electron chi connectivity index (χ0n) is 14.3. The maximum atomic E-state index is 12.5. The van der Waals surface area contributed by atoms with Gasteiger partial charge in [-0.1, -0.05) is 23.9 Å². The molecule has 140 valence electrons. The van der Waals surface area contributed by atoms with Crippen molar-refractivity contribution in [1.82, 2.24) is 4.98 Å². The molecule has 0 spiro atoms. The van der Waals surface area contributed by atoms with Crippen LogP contribution in [-0.2, 0) is 6.61 Å². The molecule has 8 heteroatoms. The van der Waals surface area contributed by atoms with Gasteiger partial charge in [-0.05, 0) is 43.3 Å². The first-order valence-corrected chi connectivity index (χ1v) is 9.75. The van der Waals surface area contributed by atoms with Gasteiger partial charge in [-0.2, -0.15) is 8.78 Å². The number of ether oxygens (including phenoxy) is 1. The summed E-state index contributed by atoms with van der Waals surface area (Å²) in [6, 6.07) is 13.1. The zero-order chi connectivity index (χ0) is 19.2. The summed E-state index contributed by atoms with van der Waals surface area (Å²) in [7, 11) is 0. The molecule has 4 nitrogen and oxygen atoms in total. The van der Waals surface area contributed by atoms with Gasteiger partial charge < -0.3 is 10.1 Å². The minimum atomic E-state index is -2.51. The highest BCUT2D eigenvalue weighted by molar-refractivity contribution is 7.99. The second kappa shape index (κ2) is 8.96. The normalized spacial score (nSPS) is 10.8. The fraction of sp³-hybridized carbons (Fsp3) is 0.158. The summed E-state index contributed by atoms with van der Waals surface area (Å²) < 4.78 is 30.6. The lowest BCUT2D eigenvalue weighted by molar-refractivity contribution is 0.102. The topological polar surface area (TPSA) is 51.2 Å². The van der Waals surface area contributed by atoms with Gasteiger partial charge in [0.1, 0.15) is 12.4 Å². The van der Waals surface area contributed by atoms with Crippen LogP contribution in [0.2, 0.25) is 0 Å². The van der Waals surface area contributed by atoms with Crippen LogP contribution >= 0.6 is 23.1 Å². The lowest BCUT2D eigenvalue weighted by atomic mass is 10.2. The fourth-order valence-electron chi connectivity index (χ4n) is 2.31.